The van der Waals surface area contributed by atoms with Crippen LogP contribution in [0.25, 0.3) is 0 Å². The minimum Gasteiger partial charge on any atom is -0.323 e. The summed E-state index contributed by atoms with van der Waals surface area (Å²) in [5.41, 5.74) is 7.24. The van der Waals surface area contributed by atoms with Gasteiger partial charge in [0.2, 0.25) is 0 Å². The standard InChI is InChI=1S/C14H15BrFNS/c1-2-11-5-6-14(18-11)13(17)7-9-3-4-10(16)8-12(9)15/h3-6,8,13H,2,7,17H2,1H3. The molecule has 18 heavy (non-hydrogen) atoms. The topological polar surface area (TPSA) is 26.0 Å². The van der Waals surface area contributed by atoms with Crippen molar-refractivity contribution in [1.29, 1.82) is 0 Å². The van der Waals surface area contributed by atoms with Gasteiger partial charge in [-0.2, -0.15) is 0 Å². The van der Waals surface area contributed by atoms with Gasteiger partial charge in [0.1, 0.15) is 5.82 Å². The quantitative estimate of drug-likeness (QED) is 0.881. The zero-order chi connectivity index (χ0) is 13.1. The molecular formula is C14H15BrFNS. The van der Waals surface area contributed by atoms with Crippen LogP contribution >= 0.6 is 27.3 Å². The van der Waals surface area contributed by atoms with Crippen LogP contribution in [-0.4, -0.2) is 0 Å². The largest absolute Gasteiger partial charge is 0.323 e. The van der Waals surface area contributed by atoms with Gasteiger partial charge in [-0.25, -0.2) is 4.39 Å². The molecule has 0 saturated carbocycles. The summed E-state index contributed by atoms with van der Waals surface area (Å²) in [6, 6.07) is 8.92. The summed E-state index contributed by atoms with van der Waals surface area (Å²) in [4.78, 5) is 2.53. The molecule has 1 aromatic carbocycles. The van der Waals surface area contributed by atoms with E-state index in [4.69, 9.17) is 5.73 Å². The maximum Gasteiger partial charge on any atom is 0.124 e. The summed E-state index contributed by atoms with van der Waals surface area (Å²) in [7, 11) is 0. The first-order valence-electron chi connectivity index (χ1n) is 5.88. The third-order valence-electron chi connectivity index (χ3n) is 2.85. The predicted molar refractivity (Wildman–Crippen MR) is 78.4 cm³/mol. The molecule has 0 bridgehead atoms. The highest BCUT2D eigenvalue weighted by atomic mass is 79.9. The average Bonchev–Trinajstić information content (AvgIpc) is 2.81. The molecule has 0 aliphatic carbocycles. The molecule has 0 fully saturated rings. The SMILES string of the molecule is CCc1ccc(C(N)Cc2ccc(F)cc2Br)s1. The number of thiophene rings is 1. The van der Waals surface area contributed by atoms with Crippen LogP contribution in [0.2, 0.25) is 0 Å². The molecule has 1 aromatic heterocycles. The molecule has 0 spiro atoms. The average molecular weight is 328 g/mol. The van der Waals surface area contributed by atoms with Crippen LogP contribution < -0.4 is 5.73 Å². The maximum atomic E-state index is 13.0. The van der Waals surface area contributed by atoms with Crippen LogP contribution in [0, 0.1) is 5.82 Å². The van der Waals surface area contributed by atoms with E-state index in [9.17, 15) is 4.39 Å². The van der Waals surface area contributed by atoms with E-state index < -0.39 is 0 Å². The number of aryl methyl sites for hydroxylation is 1. The van der Waals surface area contributed by atoms with Crippen molar-refractivity contribution in [1.82, 2.24) is 0 Å². The van der Waals surface area contributed by atoms with Gasteiger partial charge in [0, 0.05) is 20.3 Å². The van der Waals surface area contributed by atoms with Crippen molar-refractivity contribution in [2.24, 2.45) is 5.73 Å². The smallest absolute Gasteiger partial charge is 0.124 e. The van der Waals surface area contributed by atoms with E-state index in [1.165, 1.54) is 21.9 Å². The molecule has 1 unspecified atom stereocenters. The molecular weight excluding hydrogens is 313 g/mol. The Morgan fingerprint density at radius 2 is 2.11 bits per heavy atom. The zero-order valence-electron chi connectivity index (χ0n) is 10.1. The van der Waals surface area contributed by atoms with Crippen LogP contribution in [-0.2, 0) is 12.8 Å². The highest BCUT2D eigenvalue weighted by Crippen LogP contribution is 2.27. The summed E-state index contributed by atoms with van der Waals surface area (Å²) >= 11 is 5.13. The van der Waals surface area contributed by atoms with Crippen molar-refractivity contribution < 1.29 is 4.39 Å². The van der Waals surface area contributed by atoms with Crippen molar-refractivity contribution in [2.75, 3.05) is 0 Å². The van der Waals surface area contributed by atoms with Crippen LogP contribution in [0.3, 0.4) is 0 Å². The van der Waals surface area contributed by atoms with Crippen LogP contribution in [0.1, 0.15) is 28.3 Å². The molecule has 0 saturated heterocycles. The molecule has 0 aliphatic rings. The maximum absolute atomic E-state index is 13.0. The van der Waals surface area contributed by atoms with Crippen molar-refractivity contribution >= 4 is 27.3 Å². The van der Waals surface area contributed by atoms with Gasteiger partial charge in [0.15, 0.2) is 0 Å². The number of rotatable bonds is 4. The zero-order valence-corrected chi connectivity index (χ0v) is 12.5. The van der Waals surface area contributed by atoms with Crippen molar-refractivity contribution in [3.05, 3.63) is 55.9 Å². The third kappa shape index (κ3) is 3.19. The Hall–Kier alpha value is -0.710. The van der Waals surface area contributed by atoms with Gasteiger partial charge in [-0.3, -0.25) is 0 Å². The van der Waals surface area contributed by atoms with Gasteiger partial charge >= 0.3 is 0 Å². The Kier molecular flexibility index (Phi) is 4.54. The number of halogens is 2. The molecule has 0 radical (unpaired) electrons. The van der Waals surface area contributed by atoms with E-state index in [2.05, 4.69) is 35.0 Å². The van der Waals surface area contributed by atoms with Gasteiger partial charge in [0.05, 0.1) is 0 Å². The number of hydrogen-bond acceptors (Lipinski definition) is 2. The summed E-state index contributed by atoms with van der Waals surface area (Å²) in [6.07, 6.45) is 1.75. The lowest BCUT2D eigenvalue weighted by molar-refractivity contribution is 0.624. The highest BCUT2D eigenvalue weighted by molar-refractivity contribution is 9.10. The van der Waals surface area contributed by atoms with E-state index in [-0.39, 0.29) is 11.9 Å². The van der Waals surface area contributed by atoms with Crippen molar-refractivity contribution in [3.63, 3.8) is 0 Å². The van der Waals surface area contributed by atoms with Gasteiger partial charge in [-0.15, -0.1) is 11.3 Å². The Morgan fingerprint density at radius 3 is 2.72 bits per heavy atom. The minimum absolute atomic E-state index is 0.0305. The summed E-state index contributed by atoms with van der Waals surface area (Å²) in [6.45, 7) is 2.14. The molecule has 2 aromatic rings. The fourth-order valence-electron chi connectivity index (χ4n) is 1.81. The molecule has 0 amide bonds. The Balaban J connectivity index is 2.13. The fraction of sp³-hybridized carbons (Fsp3) is 0.286. The van der Waals surface area contributed by atoms with Gasteiger partial charge in [-0.1, -0.05) is 28.9 Å². The summed E-state index contributed by atoms with van der Waals surface area (Å²) in [5.74, 6) is -0.233. The monoisotopic (exact) mass is 327 g/mol. The van der Waals surface area contributed by atoms with Gasteiger partial charge in [0.25, 0.3) is 0 Å². The molecule has 4 heteroatoms. The van der Waals surface area contributed by atoms with Gasteiger partial charge in [-0.05, 0) is 42.7 Å². The lowest BCUT2D eigenvalue weighted by Crippen LogP contribution is -2.12. The van der Waals surface area contributed by atoms with E-state index in [1.54, 1.807) is 17.4 Å². The second-order valence-electron chi connectivity index (χ2n) is 4.20. The minimum atomic E-state index is -0.233. The number of nitrogens with two attached hydrogens (primary N) is 1. The van der Waals surface area contributed by atoms with Crippen LogP contribution in [0.5, 0.6) is 0 Å². The Morgan fingerprint density at radius 1 is 1.33 bits per heavy atom. The van der Waals surface area contributed by atoms with Crippen LogP contribution in [0.15, 0.2) is 34.8 Å². The van der Waals surface area contributed by atoms with Crippen molar-refractivity contribution in [3.8, 4) is 0 Å². The summed E-state index contributed by atoms with van der Waals surface area (Å²) < 4.78 is 13.8. The Bertz CT molecular complexity index is 538. The first kappa shape index (κ1) is 13.7. The third-order valence-corrected chi connectivity index (χ3v) is 4.95. The fourth-order valence-corrected chi connectivity index (χ4v) is 3.28. The second kappa shape index (κ2) is 5.95. The first-order valence-corrected chi connectivity index (χ1v) is 7.49. The normalized spacial score (nSPS) is 12.7. The lowest BCUT2D eigenvalue weighted by atomic mass is 10.1. The molecule has 96 valence electrons. The highest BCUT2D eigenvalue weighted by Gasteiger charge is 2.12. The lowest BCUT2D eigenvalue weighted by Gasteiger charge is -2.11. The number of benzene rings is 1. The first-order chi connectivity index (χ1) is 8.60. The van der Waals surface area contributed by atoms with Crippen LogP contribution in [0.4, 0.5) is 4.39 Å². The molecule has 1 atom stereocenters. The molecule has 2 rings (SSSR count). The van der Waals surface area contributed by atoms with E-state index in [0.717, 1.165) is 16.5 Å². The summed E-state index contributed by atoms with van der Waals surface area (Å²) in [5, 5.41) is 0. The van der Waals surface area contributed by atoms with Gasteiger partial charge < -0.3 is 5.73 Å². The second-order valence-corrected chi connectivity index (χ2v) is 6.26. The van der Waals surface area contributed by atoms with E-state index in [1.807, 2.05) is 0 Å². The van der Waals surface area contributed by atoms with Crippen molar-refractivity contribution in [2.45, 2.75) is 25.8 Å². The number of hydrogen-bond donors (Lipinski definition) is 1. The molecule has 1 nitrogen and oxygen atoms in total. The molecule has 2 N–H and O–H groups in total. The van der Waals surface area contributed by atoms with E-state index in [0.29, 0.717) is 6.42 Å². The predicted octanol–water partition coefficient (Wildman–Crippen LogP) is 4.45. The molecule has 0 aliphatic heterocycles. The van der Waals surface area contributed by atoms with E-state index >= 15 is 0 Å². The Labute approximate surface area is 119 Å². The molecule has 1 heterocycles.